The lowest BCUT2D eigenvalue weighted by Gasteiger charge is -2.32. The predicted octanol–water partition coefficient (Wildman–Crippen LogP) is 8.77. The van der Waals surface area contributed by atoms with Crippen molar-refractivity contribution < 1.29 is 32.5 Å². The van der Waals surface area contributed by atoms with Gasteiger partial charge in [-0.1, -0.05) is 43.7 Å². The van der Waals surface area contributed by atoms with Crippen molar-refractivity contribution in [2.24, 2.45) is 5.92 Å². The molecule has 0 aromatic heterocycles. The highest BCUT2D eigenvalue weighted by atomic mass is 19.2. The Morgan fingerprint density at radius 2 is 1.71 bits per heavy atom. The third-order valence-electron chi connectivity index (χ3n) is 7.81. The molecular weight excluding hydrogens is 529 g/mol. The average Bonchev–Trinajstić information content (AvgIpc) is 2.98. The molecule has 1 N–H and O–H groups in total. The second-order valence-corrected chi connectivity index (χ2v) is 10.6. The lowest BCUT2D eigenvalue weighted by Crippen LogP contribution is -2.25. The summed E-state index contributed by atoms with van der Waals surface area (Å²) >= 11 is 0. The molecule has 0 bridgehead atoms. The fraction of sp³-hybridized carbons (Fsp3) is 0.382. The molecule has 0 radical (unpaired) electrons. The molecule has 1 unspecified atom stereocenters. The normalized spacial score (nSPS) is 17.6. The highest BCUT2D eigenvalue weighted by molar-refractivity contribution is 5.91. The summed E-state index contributed by atoms with van der Waals surface area (Å²) in [5.41, 5.74) is 1.07. The van der Waals surface area contributed by atoms with Crippen LogP contribution in [-0.4, -0.2) is 23.8 Å². The van der Waals surface area contributed by atoms with Gasteiger partial charge in [0, 0.05) is 0 Å². The lowest BCUT2D eigenvalue weighted by molar-refractivity contribution is 0.0717. The highest BCUT2D eigenvalue weighted by Crippen LogP contribution is 2.39. The van der Waals surface area contributed by atoms with Gasteiger partial charge in [-0.2, -0.15) is 0 Å². The molecule has 218 valence electrons. The van der Waals surface area contributed by atoms with Crippen LogP contribution in [0, 0.1) is 23.4 Å². The van der Waals surface area contributed by atoms with Gasteiger partial charge in [0.05, 0.1) is 18.3 Å². The van der Waals surface area contributed by atoms with Gasteiger partial charge in [-0.05, 0) is 104 Å². The fourth-order valence-corrected chi connectivity index (χ4v) is 5.47. The maximum Gasteiger partial charge on any atom is 0.346 e. The topological polar surface area (TPSA) is 55.8 Å². The van der Waals surface area contributed by atoms with Crippen LogP contribution in [-0.2, 0) is 0 Å². The number of unbranched alkanes of at least 4 members (excludes halogenated alkanes) is 1. The van der Waals surface area contributed by atoms with Crippen molar-refractivity contribution in [2.45, 2.75) is 70.3 Å². The van der Waals surface area contributed by atoms with E-state index in [0.29, 0.717) is 30.6 Å². The van der Waals surface area contributed by atoms with Crippen LogP contribution in [0.15, 0.2) is 67.3 Å². The van der Waals surface area contributed by atoms with Gasteiger partial charge in [-0.25, -0.2) is 18.0 Å². The number of ether oxygens (including phenoxy) is 2. The zero-order chi connectivity index (χ0) is 29.4. The Morgan fingerprint density at radius 3 is 2.37 bits per heavy atom. The van der Waals surface area contributed by atoms with Crippen LogP contribution in [0.4, 0.5) is 13.2 Å². The van der Waals surface area contributed by atoms with E-state index in [0.717, 1.165) is 38.5 Å². The van der Waals surface area contributed by atoms with Gasteiger partial charge in [0.2, 0.25) is 0 Å². The van der Waals surface area contributed by atoms with E-state index in [1.165, 1.54) is 30.3 Å². The number of hydrogen-bond acceptors (Lipinski definition) is 4. The van der Waals surface area contributed by atoms with Crippen LogP contribution in [0.1, 0.15) is 80.1 Å². The van der Waals surface area contributed by atoms with Crippen molar-refractivity contribution in [3.8, 4) is 22.6 Å². The minimum atomic E-state index is -1.22. The van der Waals surface area contributed by atoms with E-state index in [4.69, 9.17) is 9.47 Å². The molecule has 0 amide bonds. The molecule has 1 aliphatic rings. The molecule has 1 fully saturated rings. The molecule has 3 aromatic rings. The number of aliphatic hydroxyl groups is 1. The van der Waals surface area contributed by atoms with Crippen LogP contribution in [0.5, 0.6) is 11.5 Å². The van der Waals surface area contributed by atoms with E-state index in [1.807, 2.05) is 6.92 Å². The molecular formula is C34H37F3O4. The van der Waals surface area contributed by atoms with E-state index < -0.39 is 29.0 Å². The summed E-state index contributed by atoms with van der Waals surface area (Å²) in [6.07, 6.45) is 7.45. The molecule has 0 spiro atoms. The Morgan fingerprint density at radius 1 is 1.00 bits per heavy atom. The molecule has 4 rings (SSSR count). The molecule has 4 nitrogen and oxygen atoms in total. The third-order valence-corrected chi connectivity index (χ3v) is 7.81. The first-order valence-corrected chi connectivity index (χ1v) is 14.3. The zero-order valence-corrected chi connectivity index (χ0v) is 23.4. The van der Waals surface area contributed by atoms with Gasteiger partial charge in [0.1, 0.15) is 5.75 Å². The molecule has 1 atom stereocenters. The molecule has 1 aliphatic carbocycles. The first-order valence-electron chi connectivity index (χ1n) is 14.3. The predicted molar refractivity (Wildman–Crippen MR) is 154 cm³/mol. The van der Waals surface area contributed by atoms with E-state index in [2.05, 4.69) is 6.58 Å². The van der Waals surface area contributed by atoms with E-state index in [9.17, 15) is 18.7 Å². The highest BCUT2D eigenvalue weighted by Gasteiger charge is 2.30. The monoisotopic (exact) mass is 566 g/mol. The zero-order valence-electron chi connectivity index (χ0n) is 23.4. The fourth-order valence-electron chi connectivity index (χ4n) is 5.47. The number of hydrogen-bond donors (Lipinski definition) is 1. The Bertz CT molecular complexity index is 1330. The van der Waals surface area contributed by atoms with Crippen LogP contribution in [0.3, 0.4) is 0 Å². The van der Waals surface area contributed by atoms with E-state index >= 15 is 4.39 Å². The van der Waals surface area contributed by atoms with Gasteiger partial charge >= 0.3 is 5.97 Å². The second kappa shape index (κ2) is 14.4. The van der Waals surface area contributed by atoms with Crippen LogP contribution < -0.4 is 9.47 Å². The molecule has 0 aliphatic heterocycles. The number of esters is 1. The van der Waals surface area contributed by atoms with Crippen molar-refractivity contribution in [1.29, 1.82) is 0 Å². The number of carbonyl (C=O) groups excluding carboxylic acids is 1. The Kier molecular flexibility index (Phi) is 10.6. The van der Waals surface area contributed by atoms with E-state index in [-0.39, 0.29) is 35.0 Å². The summed E-state index contributed by atoms with van der Waals surface area (Å²) in [6, 6.07) is 13.7. The van der Waals surface area contributed by atoms with Crippen molar-refractivity contribution in [3.63, 3.8) is 0 Å². The Balaban J connectivity index is 1.37. The minimum absolute atomic E-state index is 0.147. The quantitative estimate of drug-likeness (QED) is 0.103. The maximum absolute atomic E-state index is 15.1. The smallest absolute Gasteiger partial charge is 0.346 e. The second-order valence-electron chi connectivity index (χ2n) is 10.6. The minimum Gasteiger partial charge on any atom is -0.491 e. The first-order chi connectivity index (χ1) is 19.8. The molecule has 41 heavy (non-hydrogen) atoms. The standard InChI is InChI=1S/C34H37F3O4/c1-3-5-6-20-40-31-19-14-25(21-29(31)35)22-12-15-26(16-13-22)41-34(39)28-18-17-27(32(36)33(28)37)23-8-10-24(11-9-23)30(38)7-4-2/h3,12-19,21,23-24,30,38H,1,4-11,20H2,2H3. The summed E-state index contributed by atoms with van der Waals surface area (Å²) in [5, 5.41) is 10.3. The van der Waals surface area contributed by atoms with Gasteiger partial charge < -0.3 is 14.6 Å². The molecule has 7 heteroatoms. The number of halogens is 3. The van der Waals surface area contributed by atoms with Crippen LogP contribution >= 0.6 is 0 Å². The summed E-state index contributed by atoms with van der Waals surface area (Å²) in [6.45, 7) is 6.06. The summed E-state index contributed by atoms with van der Waals surface area (Å²) < 4.78 is 55.3. The molecule has 0 saturated heterocycles. The third kappa shape index (κ3) is 7.59. The molecule has 3 aromatic carbocycles. The number of carbonyl (C=O) groups is 1. The lowest BCUT2D eigenvalue weighted by atomic mass is 9.76. The summed E-state index contributed by atoms with van der Waals surface area (Å²) in [5.74, 6) is -3.39. The van der Waals surface area contributed by atoms with Crippen LogP contribution in [0.25, 0.3) is 11.1 Å². The van der Waals surface area contributed by atoms with E-state index in [1.54, 1.807) is 30.3 Å². The largest absolute Gasteiger partial charge is 0.491 e. The molecule has 0 heterocycles. The summed E-state index contributed by atoms with van der Waals surface area (Å²) in [7, 11) is 0. The van der Waals surface area contributed by atoms with Crippen molar-refractivity contribution in [1.82, 2.24) is 0 Å². The number of benzene rings is 3. The Hall–Kier alpha value is -3.58. The summed E-state index contributed by atoms with van der Waals surface area (Å²) in [4.78, 5) is 12.7. The van der Waals surface area contributed by atoms with Crippen molar-refractivity contribution in [2.75, 3.05) is 6.61 Å². The average molecular weight is 567 g/mol. The SMILES string of the molecule is C=CCCCOc1ccc(-c2ccc(OC(=O)c3ccc(C4CCC(C(O)CCC)CC4)c(F)c3F)cc2)cc1F. The molecule has 1 saturated carbocycles. The number of rotatable bonds is 12. The van der Waals surface area contributed by atoms with Crippen molar-refractivity contribution >= 4 is 5.97 Å². The van der Waals surface area contributed by atoms with Gasteiger partial charge in [-0.3, -0.25) is 0 Å². The number of aliphatic hydroxyl groups excluding tert-OH is 1. The maximum atomic E-state index is 15.1. The van der Waals surface area contributed by atoms with Gasteiger partial charge in [0.25, 0.3) is 0 Å². The van der Waals surface area contributed by atoms with Gasteiger partial charge in [0.15, 0.2) is 23.2 Å². The first kappa shape index (κ1) is 30.4. The Labute approximate surface area is 239 Å². The van der Waals surface area contributed by atoms with Gasteiger partial charge in [-0.15, -0.1) is 6.58 Å². The van der Waals surface area contributed by atoms with Crippen molar-refractivity contribution in [3.05, 3.63) is 95.8 Å². The van der Waals surface area contributed by atoms with Crippen LogP contribution in [0.2, 0.25) is 0 Å². The number of allylic oxidation sites excluding steroid dienone is 1.